The lowest BCUT2D eigenvalue weighted by Gasteiger charge is -2.40. The van der Waals surface area contributed by atoms with Gasteiger partial charge in [0.2, 0.25) is 0 Å². The van der Waals surface area contributed by atoms with Crippen LogP contribution >= 0.6 is 0 Å². The minimum atomic E-state index is -1.09. The monoisotopic (exact) mass is 732 g/mol. The van der Waals surface area contributed by atoms with Crippen LogP contribution in [0.3, 0.4) is 0 Å². The Kier molecular flexibility index (Phi) is 5.65. The van der Waals surface area contributed by atoms with Crippen LogP contribution in [0.5, 0.6) is 0 Å². The van der Waals surface area contributed by atoms with Gasteiger partial charge in [0.15, 0.2) is 12.0 Å². The molecule has 12 aliphatic rings. The molecule has 16 heteroatoms. The van der Waals surface area contributed by atoms with Gasteiger partial charge in [0.05, 0.1) is 48.8 Å². The molecule has 0 saturated heterocycles. The molecule has 54 heavy (non-hydrogen) atoms. The Morgan fingerprint density at radius 1 is 0.426 bits per heavy atom. The summed E-state index contributed by atoms with van der Waals surface area (Å²) in [5.74, 6) is -2.83. The van der Waals surface area contributed by atoms with Crippen molar-refractivity contribution in [2.45, 2.75) is 103 Å². The maximum absolute atomic E-state index is 11.2. The van der Waals surface area contributed by atoms with E-state index in [4.69, 9.17) is 25.0 Å². The number of rotatable bonds is 0. The van der Waals surface area contributed by atoms with Crippen molar-refractivity contribution in [2.24, 2.45) is 36.8 Å². The summed E-state index contributed by atoms with van der Waals surface area (Å²) >= 11 is 0. The van der Waals surface area contributed by atoms with Gasteiger partial charge in [0, 0.05) is 86.3 Å². The molecule has 16 bridgehead atoms. The van der Waals surface area contributed by atoms with Crippen LogP contribution in [0.1, 0.15) is 81.7 Å². The van der Waals surface area contributed by atoms with Gasteiger partial charge >= 0.3 is 0 Å². The van der Waals surface area contributed by atoms with E-state index in [-0.39, 0.29) is 0 Å². The van der Waals surface area contributed by atoms with Crippen molar-refractivity contribution >= 4 is 17.5 Å². The van der Waals surface area contributed by atoms with Crippen LogP contribution in [0.25, 0.3) is 0 Å². The number of aliphatic imine (C=N–C) groups is 1. The van der Waals surface area contributed by atoms with Gasteiger partial charge < -0.3 is 55.8 Å². The van der Waals surface area contributed by atoms with Crippen molar-refractivity contribution < 1.29 is 40.9 Å². The molecule has 2 fully saturated rings. The predicted molar refractivity (Wildman–Crippen MR) is 184 cm³/mol. The number of hydrogen-bond acceptors (Lipinski definition) is 13. The summed E-state index contributed by atoms with van der Waals surface area (Å²) in [6, 6.07) is 0. The van der Waals surface area contributed by atoms with Crippen LogP contribution in [0.4, 0.5) is 11.6 Å². The van der Waals surface area contributed by atoms with E-state index in [0.29, 0.717) is 74.5 Å². The first kappa shape index (κ1) is 30.9. The Labute approximate surface area is 303 Å². The Morgan fingerprint density at radius 2 is 0.870 bits per heavy atom. The van der Waals surface area contributed by atoms with Crippen LogP contribution in [0.15, 0.2) is 60.4 Å². The van der Waals surface area contributed by atoms with E-state index >= 15 is 0 Å². The quantitative estimate of drug-likeness (QED) is 0.110. The molecule has 0 aromatic carbocycles. The van der Waals surface area contributed by atoms with Gasteiger partial charge in [-0.15, -0.1) is 0 Å². The minimum Gasteiger partial charge on any atom is -0.390 e. The fourth-order valence-electron chi connectivity index (χ4n) is 12.2. The van der Waals surface area contributed by atoms with Crippen LogP contribution in [-0.2, 0) is 0 Å². The number of H-pyrrole nitrogens is 3. The average Bonchev–Trinajstić information content (AvgIpc) is 4.03. The van der Waals surface area contributed by atoms with E-state index in [9.17, 15) is 40.9 Å². The lowest BCUT2D eigenvalue weighted by molar-refractivity contribution is -0.0107. The lowest BCUT2D eigenvalue weighted by atomic mass is 9.69. The second-order valence-electron chi connectivity index (χ2n) is 16.8. The maximum atomic E-state index is 11.2. The smallest absolute Gasteiger partial charge is 0.166 e. The molecule has 0 spiro atoms. The molecule has 0 amide bonds. The molecule has 11 N–H and O–H groups in total. The third kappa shape index (κ3) is 3.43. The van der Waals surface area contributed by atoms with E-state index in [1.54, 1.807) is 0 Å². The maximum Gasteiger partial charge on any atom is 0.166 e. The van der Waals surface area contributed by atoms with E-state index in [2.05, 4.69) is 15.0 Å². The molecule has 5 heterocycles. The van der Waals surface area contributed by atoms with E-state index in [1.165, 1.54) is 0 Å². The zero-order valence-corrected chi connectivity index (χ0v) is 28.4. The van der Waals surface area contributed by atoms with Gasteiger partial charge in [-0.1, -0.05) is 24.3 Å². The predicted octanol–water partition coefficient (Wildman–Crippen LogP) is -2.52. The number of amidine groups is 1. The highest BCUT2D eigenvalue weighted by atomic mass is 16.3. The molecular formula is C38H36N8O8. The van der Waals surface area contributed by atoms with Gasteiger partial charge in [0.25, 0.3) is 0 Å². The Hall–Kier alpha value is -4.39. The number of aromatic amines is 3. The average molecular weight is 733 g/mol. The molecule has 15 rings (SSSR count). The number of aromatic nitrogens is 3. The highest BCUT2D eigenvalue weighted by Crippen LogP contribution is 2.56. The summed E-state index contributed by atoms with van der Waals surface area (Å²) < 4.78 is 0. The second-order valence-corrected chi connectivity index (χ2v) is 16.8. The van der Waals surface area contributed by atoms with Crippen LogP contribution in [0.2, 0.25) is 0 Å². The van der Waals surface area contributed by atoms with Crippen LogP contribution in [-0.4, -0.2) is 117 Å². The molecule has 3 aromatic heterocycles. The van der Waals surface area contributed by atoms with Crippen molar-refractivity contribution in [3.05, 3.63) is 90.8 Å². The van der Waals surface area contributed by atoms with Crippen molar-refractivity contribution in [2.75, 3.05) is 0 Å². The normalized spacial score (nSPS) is 44.4. The largest absolute Gasteiger partial charge is 0.390 e. The third-order valence-electron chi connectivity index (χ3n) is 14.5. The van der Waals surface area contributed by atoms with Crippen molar-refractivity contribution in [1.29, 1.82) is 0 Å². The van der Waals surface area contributed by atoms with E-state index in [0.717, 1.165) is 22.3 Å². The molecule has 17 unspecified atom stereocenters. The molecule has 276 valence electrons. The first-order valence-corrected chi connectivity index (χ1v) is 18.9. The fourth-order valence-corrected chi connectivity index (χ4v) is 12.2. The van der Waals surface area contributed by atoms with Crippen LogP contribution in [0, 0.1) is 11.8 Å². The zero-order chi connectivity index (χ0) is 36.4. The standard InChI is InChI=1S/C38H36N8O8/c47-23-7-1-3-9(25(23)49)17-15(7)31-39-32-16-8-2-4-10(26(50)24(8)48)18(16)34(41-32)43-36-20-12-6-14(30(54)28(12)52)22(20)38(45-36)46-37-21-13-5-11(27(51)29(13)53)19(21)35(44-37)42-33(17)40-31/h1-4,7-14,23-30,37,41,47-54H,5-6H2,(H,43,45,46)(H,39,40,42,44). The molecule has 10 aliphatic carbocycles. The fraction of sp³-hybridized carbons (Fsp3) is 0.500. The number of hydrogen-bond donors (Lipinski definition) is 11. The Morgan fingerprint density at radius 3 is 1.46 bits per heavy atom. The lowest BCUT2D eigenvalue weighted by Crippen LogP contribution is -2.45. The molecule has 2 aliphatic heterocycles. The Bertz CT molecular complexity index is 2670. The highest BCUT2D eigenvalue weighted by molar-refractivity contribution is 6.03. The van der Waals surface area contributed by atoms with E-state index in [1.807, 2.05) is 24.3 Å². The van der Waals surface area contributed by atoms with E-state index < -0.39 is 102 Å². The molecule has 0 radical (unpaired) electrons. The van der Waals surface area contributed by atoms with Gasteiger partial charge in [-0.05, 0) is 18.4 Å². The molecular weight excluding hydrogens is 696 g/mol. The summed E-state index contributed by atoms with van der Waals surface area (Å²) in [6.45, 7) is 0. The second kappa shape index (κ2) is 9.88. The molecule has 3 aromatic rings. The summed E-state index contributed by atoms with van der Waals surface area (Å²) in [6.07, 6.45) is -0.597. The van der Waals surface area contributed by atoms with Crippen molar-refractivity contribution in [3.63, 3.8) is 0 Å². The number of fused-ring (bicyclic) bond motifs is 22. The van der Waals surface area contributed by atoms with Crippen molar-refractivity contribution in [1.82, 2.24) is 15.0 Å². The Balaban J connectivity index is 1.15. The molecule has 17 atom stereocenters. The third-order valence-corrected chi connectivity index (χ3v) is 14.5. The number of aliphatic hydroxyl groups excluding tert-OH is 8. The first-order chi connectivity index (χ1) is 26.1. The van der Waals surface area contributed by atoms with Gasteiger partial charge in [-0.2, -0.15) is 0 Å². The minimum absolute atomic E-state index is 0.351. The number of nitrogens with one attached hydrogen (secondary N) is 3. The highest BCUT2D eigenvalue weighted by Gasteiger charge is 2.57. The SMILES string of the molecule is OC1C2CC(C3=C2C2=NC3N=c3[nH]c(c4c3C3CC4C(O)C3O)=Nc3[nH]c(c4c3C3C=CC4C(O)C3O)N=c3[nH]c(c4c3C3C=CC4C(O)C3O)=N2)C1O. The summed E-state index contributed by atoms with van der Waals surface area (Å²) in [5.41, 5.74) is 7.43. The topological polar surface area (TPSA) is 271 Å². The first-order valence-electron chi connectivity index (χ1n) is 18.9. The van der Waals surface area contributed by atoms with Gasteiger partial charge in [0.1, 0.15) is 33.6 Å². The van der Waals surface area contributed by atoms with Crippen LogP contribution < -0.4 is 22.0 Å². The number of aliphatic hydroxyl groups is 8. The molecule has 2 saturated carbocycles. The number of nitrogens with zero attached hydrogens (tertiary/aromatic N) is 5. The summed E-state index contributed by atoms with van der Waals surface area (Å²) in [5, 5.41) is 89.3. The van der Waals surface area contributed by atoms with Gasteiger partial charge in [-0.3, -0.25) is 0 Å². The van der Waals surface area contributed by atoms with Crippen molar-refractivity contribution in [3.8, 4) is 0 Å². The summed E-state index contributed by atoms with van der Waals surface area (Å²) in [7, 11) is 0. The molecule has 16 nitrogen and oxygen atoms in total. The summed E-state index contributed by atoms with van der Waals surface area (Å²) in [4.78, 5) is 35.8. The zero-order valence-electron chi connectivity index (χ0n) is 28.4. The van der Waals surface area contributed by atoms with Gasteiger partial charge in [-0.25, -0.2) is 25.0 Å².